The Balaban J connectivity index is 1.66. The van der Waals surface area contributed by atoms with Crippen LogP contribution in [-0.4, -0.2) is 28.8 Å². The third-order valence-electron chi connectivity index (χ3n) is 6.15. The highest BCUT2D eigenvalue weighted by molar-refractivity contribution is 7.19. The van der Waals surface area contributed by atoms with Gasteiger partial charge in [0.05, 0.1) is 0 Å². The molecule has 1 atom stereocenters. The summed E-state index contributed by atoms with van der Waals surface area (Å²) in [5.41, 5.74) is 5.62. The van der Waals surface area contributed by atoms with E-state index in [1.807, 2.05) is 12.1 Å². The van der Waals surface area contributed by atoms with E-state index < -0.39 is 0 Å². The Kier molecular flexibility index (Phi) is 6.36. The summed E-state index contributed by atoms with van der Waals surface area (Å²) >= 11 is 1.67. The highest BCUT2D eigenvalue weighted by atomic mass is 32.1. The molecular formula is C29H29N3S. The quantitative estimate of drug-likeness (QED) is 0.236. The Morgan fingerprint density at radius 2 is 1.58 bits per heavy atom. The standard InChI is InChI=1S/C29H29N3S/c1-21-15-17-24(18-16-21)27(32-19-9-10-22(2)20-32)31-29-26(23-11-5-3-6-12-23)30-28(33-29)25-13-7-4-8-14-25/h3-8,11-18,22H,9-10,19-20H2,1-2H3/t22-/m0/s1. The Morgan fingerprint density at radius 1 is 0.909 bits per heavy atom. The van der Waals surface area contributed by atoms with Gasteiger partial charge < -0.3 is 4.90 Å². The number of rotatable bonds is 4. The molecule has 0 radical (unpaired) electrons. The summed E-state index contributed by atoms with van der Waals surface area (Å²) in [6.45, 7) is 6.56. The fourth-order valence-electron chi connectivity index (χ4n) is 4.37. The first-order valence-corrected chi connectivity index (χ1v) is 12.5. The van der Waals surface area contributed by atoms with Crippen molar-refractivity contribution < 1.29 is 0 Å². The fourth-order valence-corrected chi connectivity index (χ4v) is 5.34. The van der Waals surface area contributed by atoms with Crippen molar-refractivity contribution in [1.29, 1.82) is 0 Å². The number of aliphatic imine (C=N–C) groups is 1. The molecule has 166 valence electrons. The number of thiazole rings is 1. The first-order valence-electron chi connectivity index (χ1n) is 11.7. The number of hydrogen-bond acceptors (Lipinski definition) is 3. The van der Waals surface area contributed by atoms with Crippen molar-refractivity contribution in [3.8, 4) is 21.8 Å². The number of nitrogens with zero attached hydrogens (tertiary/aromatic N) is 3. The Morgan fingerprint density at radius 3 is 2.24 bits per heavy atom. The van der Waals surface area contributed by atoms with Crippen LogP contribution in [0.4, 0.5) is 5.00 Å². The molecule has 0 bridgehead atoms. The van der Waals surface area contributed by atoms with Crippen LogP contribution in [0.25, 0.3) is 21.8 Å². The van der Waals surface area contributed by atoms with Crippen LogP contribution in [0.5, 0.6) is 0 Å². The van der Waals surface area contributed by atoms with Crippen LogP contribution in [0.1, 0.15) is 30.9 Å². The van der Waals surface area contributed by atoms with Gasteiger partial charge in [0.1, 0.15) is 21.5 Å². The number of aryl methyl sites for hydroxylation is 1. The summed E-state index contributed by atoms with van der Waals surface area (Å²) in [5, 5.41) is 1.97. The van der Waals surface area contributed by atoms with Crippen molar-refractivity contribution in [3.63, 3.8) is 0 Å². The molecular weight excluding hydrogens is 422 g/mol. The minimum atomic E-state index is 0.671. The molecule has 0 N–H and O–H groups in total. The van der Waals surface area contributed by atoms with Gasteiger partial charge in [-0.1, -0.05) is 109 Å². The highest BCUT2D eigenvalue weighted by Crippen LogP contribution is 2.40. The molecule has 3 nitrogen and oxygen atoms in total. The number of hydrogen-bond donors (Lipinski definition) is 0. The zero-order valence-electron chi connectivity index (χ0n) is 19.2. The molecule has 1 fully saturated rings. The van der Waals surface area contributed by atoms with E-state index in [0.717, 1.165) is 45.8 Å². The lowest BCUT2D eigenvalue weighted by atomic mass is 9.99. The highest BCUT2D eigenvalue weighted by Gasteiger charge is 2.23. The molecule has 33 heavy (non-hydrogen) atoms. The second-order valence-corrected chi connectivity index (χ2v) is 9.88. The molecule has 3 aromatic carbocycles. The summed E-state index contributed by atoms with van der Waals surface area (Å²) in [5.74, 6) is 1.73. The average molecular weight is 452 g/mol. The van der Waals surface area contributed by atoms with Gasteiger partial charge in [-0.2, -0.15) is 0 Å². The van der Waals surface area contributed by atoms with E-state index in [1.54, 1.807) is 11.3 Å². The van der Waals surface area contributed by atoms with Gasteiger partial charge in [0.25, 0.3) is 0 Å². The lowest BCUT2D eigenvalue weighted by Crippen LogP contribution is -2.39. The van der Waals surface area contributed by atoms with Crippen molar-refractivity contribution in [2.45, 2.75) is 26.7 Å². The molecule has 0 amide bonds. The Bertz CT molecular complexity index is 1230. The van der Waals surface area contributed by atoms with Crippen LogP contribution in [-0.2, 0) is 0 Å². The first-order chi connectivity index (χ1) is 16.2. The van der Waals surface area contributed by atoms with Crippen LogP contribution in [0.3, 0.4) is 0 Å². The second-order valence-electron chi connectivity index (χ2n) is 8.90. The molecule has 1 aliphatic heterocycles. The predicted molar refractivity (Wildman–Crippen MR) is 140 cm³/mol. The normalized spacial score (nSPS) is 16.7. The van der Waals surface area contributed by atoms with Crippen LogP contribution in [0, 0.1) is 12.8 Å². The second kappa shape index (κ2) is 9.72. The minimum Gasteiger partial charge on any atom is -0.356 e. The van der Waals surface area contributed by atoms with E-state index in [-0.39, 0.29) is 0 Å². The Hall–Kier alpha value is -3.24. The molecule has 4 heteroatoms. The maximum absolute atomic E-state index is 5.34. The van der Waals surface area contributed by atoms with Crippen LogP contribution < -0.4 is 0 Å². The molecule has 5 rings (SSSR count). The zero-order chi connectivity index (χ0) is 22.6. The van der Waals surface area contributed by atoms with Gasteiger partial charge >= 0.3 is 0 Å². The zero-order valence-corrected chi connectivity index (χ0v) is 20.1. The van der Waals surface area contributed by atoms with Crippen molar-refractivity contribution in [2.24, 2.45) is 10.9 Å². The van der Waals surface area contributed by atoms with Crippen LogP contribution in [0.2, 0.25) is 0 Å². The van der Waals surface area contributed by atoms with E-state index >= 15 is 0 Å². The van der Waals surface area contributed by atoms with Crippen molar-refractivity contribution >= 4 is 22.2 Å². The average Bonchev–Trinajstić information content (AvgIpc) is 3.28. The Labute approximate surface area is 200 Å². The molecule has 2 heterocycles. The number of aromatic nitrogens is 1. The minimum absolute atomic E-state index is 0.671. The third-order valence-corrected chi connectivity index (χ3v) is 7.15. The lowest BCUT2D eigenvalue weighted by Gasteiger charge is -2.33. The molecule has 4 aromatic rings. The maximum atomic E-state index is 5.34. The van der Waals surface area contributed by atoms with E-state index in [9.17, 15) is 0 Å². The van der Waals surface area contributed by atoms with Gasteiger partial charge in [-0.25, -0.2) is 9.98 Å². The van der Waals surface area contributed by atoms with Crippen molar-refractivity contribution in [1.82, 2.24) is 9.88 Å². The summed E-state index contributed by atoms with van der Waals surface area (Å²) in [6, 6.07) is 29.6. The smallest absolute Gasteiger partial charge is 0.146 e. The third kappa shape index (κ3) is 4.91. The summed E-state index contributed by atoms with van der Waals surface area (Å²) < 4.78 is 0. The molecule has 1 aliphatic rings. The summed E-state index contributed by atoms with van der Waals surface area (Å²) in [4.78, 5) is 12.9. The van der Waals surface area contributed by atoms with Gasteiger partial charge in [-0.15, -0.1) is 0 Å². The molecule has 0 spiro atoms. The van der Waals surface area contributed by atoms with Crippen LogP contribution in [0.15, 0.2) is 89.9 Å². The number of piperidine rings is 1. The summed E-state index contributed by atoms with van der Waals surface area (Å²) in [6.07, 6.45) is 2.49. The van der Waals surface area contributed by atoms with E-state index in [2.05, 4.69) is 91.5 Å². The molecule has 0 aliphatic carbocycles. The van der Waals surface area contributed by atoms with E-state index in [1.165, 1.54) is 24.0 Å². The largest absolute Gasteiger partial charge is 0.356 e. The fraction of sp³-hybridized carbons (Fsp3) is 0.241. The summed E-state index contributed by atoms with van der Waals surface area (Å²) in [7, 11) is 0. The van der Waals surface area contributed by atoms with Gasteiger partial charge in [-0.3, -0.25) is 0 Å². The molecule has 1 aromatic heterocycles. The predicted octanol–water partition coefficient (Wildman–Crippen LogP) is 7.60. The molecule has 0 unspecified atom stereocenters. The number of amidine groups is 1. The van der Waals surface area contributed by atoms with Crippen LogP contribution >= 0.6 is 11.3 Å². The van der Waals surface area contributed by atoms with Gasteiger partial charge in [0.15, 0.2) is 0 Å². The molecule has 1 saturated heterocycles. The lowest BCUT2D eigenvalue weighted by molar-refractivity contribution is 0.274. The number of likely N-dealkylation sites (tertiary alicyclic amines) is 1. The first kappa shape index (κ1) is 21.6. The van der Waals surface area contributed by atoms with E-state index in [4.69, 9.17) is 9.98 Å². The van der Waals surface area contributed by atoms with Gasteiger partial charge in [-0.05, 0) is 25.7 Å². The topological polar surface area (TPSA) is 28.5 Å². The van der Waals surface area contributed by atoms with Gasteiger partial charge in [0, 0.05) is 29.8 Å². The molecule has 0 saturated carbocycles. The van der Waals surface area contributed by atoms with Crippen molar-refractivity contribution in [2.75, 3.05) is 13.1 Å². The number of benzene rings is 3. The van der Waals surface area contributed by atoms with Crippen molar-refractivity contribution in [3.05, 3.63) is 96.1 Å². The maximum Gasteiger partial charge on any atom is 0.146 e. The monoisotopic (exact) mass is 451 g/mol. The van der Waals surface area contributed by atoms with Gasteiger partial charge in [0.2, 0.25) is 0 Å². The SMILES string of the molecule is Cc1ccc(C(=Nc2sc(-c3ccccc3)nc2-c2ccccc2)N2CCC[C@H](C)C2)cc1. The van der Waals surface area contributed by atoms with E-state index in [0.29, 0.717) is 5.92 Å².